The van der Waals surface area contributed by atoms with Crippen LogP contribution in [0, 0.1) is 19.8 Å². The summed E-state index contributed by atoms with van der Waals surface area (Å²) in [5.74, 6) is 0.951. The number of carbonyl (C=O) groups excluding carboxylic acids is 2. The van der Waals surface area contributed by atoms with E-state index in [0.717, 1.165) is 29.7 Å². The number of amides is 2. The monoisotopic (exact) mass is 472 g/mol. The van der Waals surface area contributed by atoms with Gasteiger partial charge in [0, 0.05) is 25.1 Å². The first-order chi connectivity index (χ1) is 15.8. The van der Waals surface area contributed by atoms with Gasteiger partial charge in [0.25, 0.3) is 0 Å². The van der Waals surface area contributed by atoms with Gasteiger partial charge in [-0.15, -0.1) is 11.3 Å². The van der Waals surface area contributed by atoms with Crippen molar-refractivity contribution < 1.29 is 19.1 Å². The van der Waals surface area contributed by atoms with E-state index < -0.39 is 0 Å². The minimum Gasteiger partial charge on any atom is -0.491 e. The molecule has 1 aromatic carbocycles. The van der Waals surface area contributed by atoms with Crippen LogP contribution < -0.4 is 4.74 Å². The van der Waals surface area contributed by atoms with Crippen LogP contribution in [0.4, 0.5) is 0 Å². The Morgan fingerprint density at radius 1 is 1.27 bits per heavy atom. The Kier molecular flexibility index (Phi) is 8.92. The number of hydrogen-bond donors (Lipinski definition) is 0. The minimum absolute atomic E-state index is 0.0162. The van der Waals surface area contributed by atoms with E-state index in [4.69, 9.17) is 9.47 Å². The molecule has 0 N–H and O–H groups in total. The summed E-state index contributed by atoms with van der Waals surface area (Å²) in [4.78, 5) is 31.0. The first-order valence-corrected chi connectivity index (χ1v) is 12.5. The van der Waals surface area contributed by atoms with Gasteiger partial charge in [0.1, 0.15) is 19.0 Å². The van der Waals surface area contributed by atoms with Crippen molar-refractivity contribution in [2.75, 3.05) is 40.0 Å². The van der Waals surface area contributed by atoms with Crippen molar-refractivity contribution in [3.8, 4) is 5.75 Å². The van der Waals surface area contributed by atoms with E-state index in [9.17, 15) is 9.59 Å². The van der Waals surface area contributed by atoms with Crippen molar-refractivity contribution in [2.24, 2.45) is 5.92 Å². The summed E-state index contributed by atoms with van der Waals surface area (Å²) in [6.45, 7) is 9.89. The Bertz CT molecular complexity index is 958. The molecule has 2 atom stereocenters. The van der Waals surface area contributed by atoms with Crippen molar-refractivity contribution in [1.82, 2.24) is 9.80 Å². The van der Waals surface area contributed by atoms with Crippen LogP contribution in [0.1, 0.15) is 47.9 Å². The second kappa shape index (κ2) is 11.7. The Labute approximate surface area is 201 Å². The molecule has 0 saturated heterocycles. The molecule has 0 bridgehead atoms. The molecular formula is C26H36N2O4S. The Hall–Kier alpha value is -2.38. The van der Waals surface area contributed by atoms with Crippen LogP contribution in [0.25, 0.3) is 0 Å². The zero-order chi connectivity index (χ0) is 24.0. The highest BCUT2D eigenvalue weighted by Crippen LogP contribution is 2.34. The van der Waals surface area contributed by atoms with Gasteiger partial charge >= 0.3 is 0 Å². The van der Waals surface area contributed by atoms with E-state index in [2.05, 4.69) is 38.3 Å². The largest absolute Gasteiger partial charge is 0.491 e. The normalized spacial score (nSPS) is 16.3. The molecule has 2 heterocycles. The molecule has 0 aliphatic carbocycles. The fourth-order valence-electron chi connectivity index (χ4n) is 4.23. The zero-order valence-corrected chi connectivity index (χ0v) is 21.2. The molecule has 2 amide bonds. The van der Waals surface area contributed by atoms with Gasteiger partial charge < -0.3 is 19.3 Å². The number of ether oxygens (including phenoxy) is 2. The standard InChI is InChI=1S/C26H36N2O4S/c1-6-18(2)14-27(26(30)17-31-5)15-25(29)28-11-9-24-21(10-12-33-24)22(28)16-32-23-8-7-19(3)13-20(23)4/h7-8,10,12-13,18,22H,6,9,11,14-17H2,1-5H3/t18-,22+/m1/s1. The number of methoxy groups -OCH3 is 1. The third-order valence-corrected chi connectivity index (χ3v) is 7.31. The molecule has 0 spiro atoms. The zero-order valence-electron chi connectivity index (χ0n) is 20.4. The van der Waals surface area contributed by atoms with Gasteiger partial charge in [-0.2, -0.15) is 0 Å². The lowest BCUT2D eigenvalue weighted by Gasteiger charge is -2.37. The molecule has 1 aromatic heterocycles. The van der Waals surface area contributed by atoms with E-state index in [1.165, 1.54) is 17.6 Å². The molecule has 180 valence electrons. The van der Waals surface area contributed by atoms with Gasteiger partial charge in [-0.3, -0.25) is 9.59 Å². The first kappa shape index (κ1) is 25.2. The fraction of sp³-hybridized carbons (Fsp3) is 0.538. The van der Waals surface area contributed by atoms with E-state index >= 15 is 0 Å². The number of rotatable bonds is 10. The summed E-state index contributed by atoms with van der Waals surface area (Å²) in [6.07, 6.45) is 1.77. The third kappa shape index (κ3) is 6.36. The van der Waals surface area contributed by atoms with Crippen LogP contribution in [0.3, 0.4) is 0 Å². The number of fused-ring (bicyclic) bond motifs is 1. The number of nitrogens with zero attached hydrogens (tertiary/aromatic N) is 2. The predicted molar refractivity (Wildman–Crippen MR) is 132 cm³/mol. The summed E-state index contributed by atoms with van der Waals surface area (Å²) in [5, 5.41) is 2.08. The van der Waals surface area contributed by atoms with Gasteiger partial charge in [0.2, 0.25) is 11.8 Å². The van der Waals surface area contributed by atoms with Crippen LogP contribution in [-0.4, -0.2) is 61.6 Å². The SMILES string of the molecule is CC[C@@H](C)CN(CC(=O)N1CCc2sccc2[C@@H]1COc1ccc(C)cc1C)C(=O)COC. The highest BCUT2D eigenvalue weighted by Gasteiger charge is 2.33. The smallest absolute Gasteiger partial charge is 0.249 e. The predicted octanol–water partition coefficient (Wildman–Crippen LogP) is 4.39. The lowest BCUT2D eigenvalue weighted by molar-refractivity contribution is -0.145. The van der Waals surface area contributed by atoms with Gasteiger partial charge in [0.05, 0.1) is 12.6 Å². The Balaban J connectivity index is 1.78. The van der Waals surface area contributed by atoms with Crippen LogP contribution in [0.5, 0.6) is 5.75 Å². The van der Waals surface area contributed by atoms with Crippen molar-refractivity contribution in [2.45, 2.75) is 46.6 Å². The van der Waals surface area contributed by atoms with Crippen molar-refractivity contribution >= 4 is 23.2 Å². The number of carbonyl (C=O) groups is 2. The lowest BCUT2D eigenvalue weighted by Crippen LogP contribution is -2.49. The number of hydrogen-bond acceptors (Lipinski definition) is 5. The maximum Gasteiger partial charge on any atom is 0.249 e. The minimum atomic E-state index is -0.170. The van der Waals surface area contributed by atoms with Crippen LogP contribution in [0.15, 0.2) is 29.6 Å². The molecule has 7 heteroatoms. The third-order valence-electron chi connectivity index (χ3n) is 6.32. The van der Waals surface area contributed by atoms with Crippen molar-refractivity contribution in [1.29, 1.82) is 0 Å². The molecule has 0 radical (unpaired) electrons. The average molecular weight is 473 g/mol. The summed E-state index contributed by atoms with van der Waals surface area (Å²) >= 11 is 1.73. The summed E-state index contributed by atoms with van der Waals surface area (Å²) in [5.41, 5.74) is 3.43. The molecule has 0 saturated carbocycles. The number of aryl methyl sites for hydroxylation is 2. The number of benzene rings is 1. The summed E-state index contributed by atoms with van der Waals surface area (Å²) < 4.78 is 11.3. The Morgan fingerprint density at radius 2 is 2.06 bits per heavy atom. The lowest BCUT2D eigenvalue weighted by atomic mass is 10.00. The van der Waals surface area contributed by atoms with Crippen LogP contribution >= 0.6 is 11.3 Å². The van der Waals surface area contributed by atoms with Gasteiger partial charge in [-0.1, -0.05) is 38.0 Å². The quantitative estimate of drug-likeness (QED) is 0.515. The molecule has 0 fully saturated rings. The molecular weight excluding hydrogens is 436 g/mol. The average Bonchev–Trinajstić information content (AvgIpc) is 3.27. The molecule has 3 rings (SSSR count). The molecule has 1 aliphatic heterocycles. The summed E-state index contributed by atoms with van der Waals surface area (Å²) in [6, 6.07) is 8.06. The highest BCUT2D eigenvalue weighted by molar-refractivity contribution is 7.10. The van der Waals surface area contributed by atoms with Crippen LogP contribution in [0.2, 0.25) is 0 Å². The second-order valence-corrected chi connectivity index (χ2v) is 9.95. The van der Waals surface area contributed by atoms with Gasteiger partial charge in [-0.25, -0.2) is 0 Å². The maximum absolute atomic E-state index is 13.5. The van der Waals surface area contributed by atoms with Crippen LogP contribution in [-0.2, 0) is 20.7 Å². The van der Waals surface area contributed by atoms with E-state index in [1.807, 2.05) is 24.0 Å². The van der Waals surface area contributed by atoms with Crippen molar-refractivity contribution in [3.05, 3.63) is 51.2 Å². The van der Waals surface area contributed by atoms with Gasteiger partial charge in [-0.05, 0) is 54.8 Å². The second-order valence-electron chi connectivity index (χ2n) is 8.95. The van der Waals surface area contributed by atoms with Gasteiger partial charge in [0.15, 0.2) is 0 Å². The van der Waals surface area contributed by atoms with Crippen molar-refractivity contribution in [3.63, 3.8) is 0 Å². The molecule has 1 aliphatic rings. The maximum atomic E-state index is 13.5. The molecule has 0 unspecified atom stereocenters. The summed E-state index contributed by atoms with van der Waals surface area (Å²) in [7, 11) is 1.50. The van der Waals surface area contributed by atoms with E-state index in [-0.39, 0.29) is 31.0 Å². The molecule has 2 aromatic rings. The van der Waals surface area contributed by atoms with E-state index in [1.54, 1.807) is 16.2 Å². The molecule has 6 nitrogen and oxygen atoms in total. The van der Waals surface area contributed by atoms with E-state index in [0.29, 0.717) is 25.6 Å². The first-order valence-electron chi connectivity index (χ1n) is 11.7. The topological polar surface area (TPSA) is 59.1 Å². The Morgan fingerprint density at radius 3 is 2.76 bits per heavy atom. The highest BCUT2D eigenvalue weighted by atomic mass is 32.1. The fourth-order valence-corrected chi connectivity index (χ4v) is 5.16. The molecule has 33 heavy (non-hydrogen) atoms. The number of thiophene rings is 1.